The molecule has 8 nitrogen and oxygen atoms in total. The summed E-state index contributed by atoms with van der Waals surface area (Å²) in [5.74, 6) is 2.72. The predicted octanol–water partition coefficient (Wildman–Crippen LogP) is 5.55. The molecule has 0 aliphatic carbocycles. The molecular weight excluding hydrogens is 474 g/mol. The highest BCUT2D eigenvalue weighted by Gasteiger charge is 2.11. The predicted molar refractivity (Wildman–Crippen MR) is 144 cm³/mol. The Balaban J connectivity index is 1.58. The van der Waals surface area contributed by atoms with Gasteiger partial charge in [0.1, 0.15) is 17.3 Å². The number of thiol groups is 1. The van der Waals surface area contributed by atoms with Gasteiger partial charge in [0.2, 0.25) is 5.95 Å². The normalized spacial score (nSPS) is 11.5. The quantitative estimate of drug-likeness (QED) is 0.199. The van der Waals surface area contributed by atoms with E-state index in [1.807, 2.05) is 61.5 Å². The van der Waals surface area contributed by atoms with Gasteiger partial charge in [-0.2, -0.15) is 4.98 Å². The first kappa shape index (κ1) is 25.0. The van der Waals surface area contributed by atoms with Crippen molar-refractivity contribution < 1.29 is 13.7 Å². The number of ether oxygens (including phenoxy) is 2. The first-order valence-electron chi connectivity index (χ1n) is 11.6. The molecule has 4 aromatic rings. The van der Waals surface area contributed by atoms with Crippen molar-refractivity contribution in [3.63, 3.8) is 0 Å². The van der Waals surface area contributed by atoms with E-state index in [4.69, 9.17) is 19.2 Å². The van der Waals surface area contributed by atoms with Crippen LogP contribution >= 0.6 is 0 Å². The van der Waals surface area contributed by atoms with Gasteiger partial charge in [-0.3, -0.25) is 4.78 Å². The maximum absolute atomic E-state index is 11.6. The smallest absolute Gasteiger partial charge is 0.229 e. The SMILES string of the molecule is CCOc1ccc(-c2cnc(Nc3cccc([SH](=N)=O)c3)nc2NCCc2ccc(OC)cc2)cc1. The first-order valence-corrected chi connectivity index (χ1v) is 12.8. The maximum atomic E-state index is 11.6. The van der Waals surface area contributed by atoms with E-state index >= 15 is 0 Å². The lowest BCUT2D eigenvalue weighted by molar-refractivity contribution is 0.340. The third-order valence-corrected chi connectivity index (χ3v) is 6.21. The van der Waals surface area contributed by atoms with E-state index < -0.39 is 10.6 Å². The molecule has 0 spiro atoms. The van der Waals surface area contributed by atoms with Crippen molar-refractivity contribution in [1.82, 2.24) is 9.97 Å². The minimum atomic E-state index is -2.18. The van der Waals surface area contributed by atoms with Crippen LogP contribution in [0, 0.1) is 4.78 Å². The largest absolute Gasteiger partial charge is 0.497 e. The molecule has 1 atom stereocenters. The summed E-state index contributed by atoms with van der Waals surface area (Å²) in [6.45, 7) is 3.23. The number of methoxy groups -OCH3 is 1. The van der Waals surface area contributed by atoms with Gasteiger partial charge in [0.25, 0.3) is 0 Å². The van der Waals surface area contributed by atoms with Crippen molar-refractivity contribution in [3.8, 4) is 22.6 Å². The second kappa shape index (κ2) is 12.0. The zero-order valence-corrected chi connectivity index (χ0v) is 21.1. The lowest BCUT2D eigenvalue weighted by Crippen LogP contribution is -2.09. The Morgan fingerprint density at radius 3 is 2.44 bits per heavy atom. The van der Waals surface area contributed by atoms with E-state index in [-0.39, 0.29) is 0 Å². The van der Waals surface area contributed by atoms with Gasteiger partial charge in [0.05, 0.1) is 24.3 Å². The van der Waals surface area contributed by atoms with Gasteiger partial charge in [-0.05, 0) is 66.9 Å². The molecule has 36 heavy (non-hydrogen) atoms. The molecule has 0 fully saturated rings. The molecular formula is C27H29N5O3S. The van der Waals surface area contributed by atoms with Crippen molar-refractivity contribution in [2.45, 2.75) is 18.2 Å². The minimum absolute atomic E-state index is 0.397. The number of rotatable bonds is 11. The minimum Gasteiger partial charge on any atom is -0.497 e. The molecule has 0 saturated heterocycles. The molecule has 3 N–H and O–H groups in total. The molecule has 0 bridgehead atoms. The topological polar surface area (TPSA) is 109 Å². The van der Waals surface area contributed by atoms with Gasteiger partial charge in [0.15, 0.2) is 0 Å². The summed E-state index contributed by atoms with van der Waals surface area (Å²) < 4.78 is 29.9. The van der Waals surface area contributed by atoms with Crippen molar-refractivity contribution in [3.05, 3.63) is 84.6 Å². The lowest BCUT2D eigenvalue weighted by atomic mass is 10.1. The van der Waals surface area contributed by atoms with Crippen LogP contribution in [0.1, 0.15) is 12.5 Å². The number of benzene rings is 3. The summed E-state index contributed by atoms with van der Waals surface area (Å²) >= 11 is 0. The third-order valence-electron chi connectivity index (χ3n) is 5.47. The third kappa shape index (κ3) is 6.51. The summed E-state index contributed by atoms with van der Waals surface area (Å²) in [7, 11) is -0.523. The number of nitrogens with one attached hydrogen (secondary N) is 3. The van der Waals surface area contributed by atoms with Crippen LogP contribution in [0.3, 0.4) is 0 Å². The Bertz CT molecular complexity index is 1370. The Labute approximate surface area is 212 Å². The van der Waals surface area contributed by atoms with Crippen LogP contribution in [-0.4, -0.2) is 34.4 Å². The summed E-state index contributed by atoms with van der Waals surface area (Å²) in [6, 6.07) is 22.7. The lowest BCUT2D eigenvalue weighted by Gasteiger charge is -2.14. The maximum Gasteiger partial charge on any atom is 0.229 e. The summed E-state index contributed by atoms with van der Waals surface area (Å²) in [4.78, 5) is 9.68. The van der Waals surface area contributed by atoms with Crippen molar-refractivity contribution in [2.75, 3.05) is 30.9 Å². The standard InChI is InChI=1S/C27H29N5O3S/c1-3-35-23-13-9-20(10-14-23)25-18-30-27(31-21-5-4-6-24(17-21)36(28)33)32-26(25)29-16-15-19-7-11-22(34-2)12-8-19/h4-14,17-18,28,36H,3,15-16H2,1-2H3,(H2,29,30,31,32). The molecule has 1 unspecified atom stereocenters. The Hall–Kier alpha value is -4.11. The summed E-state index contributed by atoms with van der Waals surface area (Å²) in [6.07, 6.45) is 2.58. The Morgan fingerprint density at radius 2 is 1.75 bits per heavy atom. The fourth-order valence-corrected chi connectivity index (χ4v) is 4.12. The number of anilines is 3. The van der Waals surface area contributed by atoms with Crippen molar-refractivity contribution >= 4 is 28.0 Å². The Kier molecular flexibility index (Phi) is 8.36. The van der Waals surface area contributed by atoms with E-state index in [0.29, 0.717) is 35.5 Å². The number of nitrogens with zero attached hydrogens (tertiary/aromatic N) is 2. The van der Waals surface area contributed by atoms with E-state index in [0.717, 1.165) is 29.0 Å². The fraction of sp³-hybridized carbons (Fsp3) is 0.185. The molecule has 1 heterocycles. The highest BCUT2D eigenvalue weighted by molar-refractivity contribution is 7.73. The summed E-state index contributed by atoms with van der Waals surface area (Å²) in [5, 5.41) is 6.61. The van der Waals surface area contributed by atoms with Crippen LogP contribution in [-0.2, 0) is 17.0 Å². The molecule has 9 heteroatoms. The van der Waals surface area contributed by atoms with Crippen LogP contribution in [0.5, 0.6) is 11.5 Å². The van der Waals surface area contributed by atoms with E-state index in [1.165, 1.54) is 5.56 Å². The molecule has 186 valence electrons. The number of hydrogen-bond acceptors (Lipinski definition) is 8. The van der Waals surface area contributed by atoms with Crippen LogP contribution in [0.2, 0.25) is 0 Å². The molecule has 0 aliphatic rings. The van der Waals surface area contributed by atoms with E-state index in [2.05, 4.69) is 15.6 Å². The molecule has 1 aromatic heterocycles. The van der Waals surface area contributed by atoms with Gasteiger partial charge in [-0.25, -0.2) is 9.19 Å². The van der Waals surface area contributed by atoms with Crippen LogP contribution in [0.15, 0.2) is 83.9 Å². The van der Waals surface area contributed by atoms with Gasteiger partial charge in [0, 0.05) is 28.9 Å². The highest BCUT2D eigenvalue weighted by atomic mass is 32.2. The molecule has 3 aromatic carbocycles. The van der Waals surface area contributed by atoms with E-state index in [1.54, 1.807) is 31.5 Å². The molecule has 0 saturated carbocycles. The van der Waals surface area contributed by atoms with Gasteiger partial charge in [-0.15, -0.1) is 0 Å². The second-order valence-electron chi connectivity index (χ2n) is 7.91. The monoisotopic (exact) mass is 503 g/mol. The number of aromatic nitrogens is 2. The average molecular weight is 504 g/mol. The van der Waals surface area contributed by atoms with Gasteiger partial charge in [-0.1, -0.05) is 30.3 Å². The van der Waals surface area contributed by atoms with Gasteiger partial charge >= 0.3 is 0 Å². The molecule has 0 radical (unpaired) electrons. The fourth-order valence-electron chi connectivity index (χ4n) is 3.64. The second-order valence-corrected chi connectivity index (χ2v) is 9.01. The molecule has 0 aliphatic heterocycles. The molecule has 0 amide bonds. The van der Waals surface area contributed by atoms with E-state index in [9.17, 15) is 4.21 Å². The average Bonchev–Trinajstić information content (AvgIpc) is 2.90. The van der Waals surface area contributed by atoms with Crippen molar-refractivity contribution in [2.24, 2.45) is 0 Å². The van der Waals surface area contributed by atoms with Crippen LogP contribution in [0.4, 0.5) is 17.5 Å². The Morgan fingerprint density at radius 1 is 1.00 bits per heavy atom. The van der Waals surface area contributed by atoms with Gasteiger partial charge < -0.3 is 20.1 Å². The first-order chi connectivity index (χ1) is 17.6. The zero-order chi connectivity index (χ0) is 25.3. The van der Waals surface area contributed by atoms with Crippen molar-refractivity contribution in [1.29, 1.82) is 4.78 Å². The summed E-state index contributed by atoms with van der Waals surface area (Å²) in [5.41, 5.74) is 3.67. The zero-order valence-electron chi connectivity index (χ0n) is 20.2. The van der Waals surface area contributed by atoms with Crippen LogP contribution in [0.25, 0.3) is 11.1 Å². The number of hydrogen-bond donors (Lipinski definition) is 4. The molecule has 4 rings (SSSR count). The van der Waals surface area contributed by atoms with Crippen LogP contribution < -0.4 is 20.1 Å². The highest BCUT2D eigenvalue weighted by Crippen LogP contribution is 2.29.